The van der Waals surface area contributed by atoms with Crippen LogP contribution in [-0.2, 0) is 16.1 Å². The van der Waals surface area contributed by atoms with E-state index in [-0.39, 0.29) is 12.4 Å². The Kier molecular flexibility index (Phi) is 5.79. The summed E-state index contributed by atoms with van der Waals surface area (Å²) in [5, 5.41) is 4.04. The molecule has 0 radical (unpaired) electrons. The molecule has 0 spiro atoms. The molecule has 9 heteroatoms. The van der Waals surface area contributed by atoms with Gasteiger partial charge in [-0.2, -0.15) is 18.3 Å². The fraction of sp³-hybridized carbons (Fsp3) is 0.312. The Labute approximate surface area is 141 Å². The zero-order valence-electron chi connectivity index (χ0n) is 13.2. The van der Waals surface area contributed by atoms with Gasteiger partial charge in [-0.3, -0.25) is 9.48 Å². The largest absolute Gasteiger partial charge is 0.485 e. The van der Waals surface area contributed by atoms with Gasteiger partial charge in [0.05, 0.1) is 24.9 Å². The highest BCUT2D eigenvalue weighted by Crippen LogP contribution is 2.18. The molecule has 1 heterocycles. The molecule has 0 atom stereocenters. The van der Waals surface area contributed by atoms with Crippen LogP contribution >= 0.6 is 0 Å². The molecule has 0 aliphatic heterocycles. The van der Waals surface area contributed by atoms with E-state index in [0.29, 0.717) is 12.1 Å². The molecule has 0 fully saturated rings. The molecule has 1 aromatic carbocycles. The smallest absolute Gasteiger partial charge is 0.453 e. The van der Waals surface area contributed by atoms with Gasteiger partial charge in [-0.15, -0.1) is 0 Å². The van der Waals surface area contributed by atoms with Crippen molar-refractivity contribution >= 4 is 11.8 Å². The zero-order valence-corrected chi connectivity index (χ0v) is 13.2. The van der Waals surface area contributed by atoms with Crippen molar-refractivity contribution in [3.63, 3.8) is 0 Å². The number of ether oxygens (including phenoxy) is 2. The van der Waals surface area contributed by atoms with Crippen LogP contribution in [0.2, 0.25) is 0 Å². The molecular weight excluding hydrogens is 341 g/mol. The van der Waals surface area contributed by atoms with Gasteiger partial charge in [-0.1, -0.05) is 12.1 Å². The van der Waals surface area contributed by atoms with Gasteiger partial charge in [-0.25, -0.2) is 4.79 Å². The minimum atomic E-state index is -4.91. The van der Waals surface area contributed by atoms with Crippen molar-refractivity contribution in [3.05, 3.63) is 47.8 Å². The number of carbonyl (C=O) groups excluding carboxylic acids is 2. The molecule has 25 heavy (non-hydrogen) atoms. The molecule has 0 aliphatic rings. The first-order chi connectivity index (χ1) is 11.8. The molecule has 0 amide bonds. The summed E-state index contributed by atoms with van der Waals surface area (Å²) in [6.07, 6.45) is -1.99. The standard InChI is InChI=1S/C16H15F3N2O4/c1-2-24-15(23)12-7-20-21(9-12)8-11-3-5-13(6-4-11)25-10-14(22)16(17,18)19/h3-7,9H,2,8,10H2,1H3. The van der Waals surface area contributed by atoms with Crippen molar-refractivity contribution in [2.75, 3.05) is 13.2 Å². The number of hydrogen-bond donors (Lipinski definition) is 0. The highest BCUT2D eigenvalue weighted by molar-refractivity contribution is 5.88. The highest BCUT2D eigenvalue weighted by Gasteiger charge is 2.38. The summed E-state index contributed by atoms with van der Waals surface area (Å²) in [4.78, 5) is 22.3. The number of ketones is 1. The van der Waals surface area contributed by atoms with E-state index in [1.165, 1.54) is 29.2 Å². The first-order valence-electron chi connectivity index (χ1n) is 7.31. The van der Waals surface area contributed by atoms with E-state index in [1.54, 1.807) is 19.1 Å². The molecule has 0 unspecified atom stereocenters. The second kappa shape index (κ2) is 7.82. The fourth-order valence-corrected chi connectivity index (χ4v) is 1.88. The summed E-state index contributed by atoms with van der Waals surface area (Å²) in [6, 6.07) is 6.15. The lowest BCUT2D eigenvalue weighted by Gasteiger charge is -2.08. The van der Waals surface area contributed by atoms with E-state index >= 15 is 0 Å². The third-order valence-electron chi connectivity index (χ3n) is 3.10. The number of carbonyl (C=O) groups is 2. The maximum absolute atomic E-state index is 12.1. The molecule has 2 rings (SSSR count). The van der Waals surface area contributed by atoms with Crippen LogP contribution in [0.3, 0.4) is 0 Å². The number of esters is 1. The van der Waals surface area contributed by atoms with Crippen LogP contribution in [-0.4, -0.2) is 40.9 Å². The molecule has 0 bridgehead atoms. The van der Waals surface area contributed by atoms with E-state index in [1.807, 2.05) is 0 Å². The predicted octanol–water partition coefficient (Wildman–Crippen LogP) is 2.62. The fourth-order valence-electron chi connectivity index (χ4n) is 1.88. The minimum Gasteiger partial charge on any atom is -0.485 e. The maximum atomic E-state index is 12.1. The summed E-state index contributed by atoms with van der Waals surface area (Å²) < 4.78 is 47.5. The Hall–Kier alpha value is -2.84. The molecule has 0 N–H and O–H groups in total. The highest BCUT2D eigenvalue weighted by atomic mass is 19.4. The number of halogens is 3. The van der Waals surface area contributed by atoms with E-state index in [2.05, 4.69) is 5.10 Å². The molecule has 134 valence electrons. The minimum absolute atomic E-state index is 0.147. The number of nitrogens with zero attached hydrogens (tertiary/aromatic N) is 2. The quantitative estimate of drug-likeness (QED) is 0.713. The number of benzene rings is 1. The zero-order chi connectivity index (χ0) is 18.4. The van der Waals surface area contributed by atoms with E-state index < -0.39 is 24.5 Å². The topological polar surface area (TPSA) is 70.4 Å². The Balaban J connectivity index is 1.92. The number of alkyl halides is 3. The van der Waals surface area contributed by atoms with Crippen molar-refractivity contribution in [1.29, 1.82) is 0 Å². The molecule has 0 saturated heterocycles. The summed E-state index contributed by atoms with van der Waals surface area (Å²) in [6.45, 7) is 1.25. The molecule has 6 nitrogen and oxygen atoms in total. The van der Waals surface area contributed by atoms with Gasteiger partial charge in [0.2, 0.25) is 0 Å². The van der Waals surface area contributed by atoms with Crippen molar-refractivity contribution in [3.8, 4) is 5.75 Å². The number of hydrogen-bond acceptors (Lipinski definition) is 5. The van der Waals surface area contributed by atoms with Crippen LogP contribution in [0.4, 0.5) is 13.2 Å². The normalized spacial score (nSPS) is 11.2. The summed E-state index contributed by atoms with van der Waals surface area (Å²) in [5.41, 5.74) is 1.11. The van der Waals surface area contributed by atoms with E-state index in [4.69, 9.17) is 9.47 Å². The van der Waals surface area contributed by atoms with Crippen LogP contribution in [0, 0.1) is 0 Å². The first kappa shape index (κ1) is 18.5. The summed E-state index contributed by atoms with van der Waals surface area (Å²) in [7, 11) is 0. The van der Waals surface area contributed by atoms with Crippen LogP contribution in [0.5, 0.6) is 5.75 Å². The lowest BCUT2D eigenvalue weighted by Crippen LogP contribution is -2.28. The molecule has 0 aliphatic carbocycles. The van der Waals surface area contributed by atoms with Crippen molar-refractivity contribution in [2.45, 2.75) is 19.6 Å². The monoisotopic (exact) mass is 356 g/mol. The summed E-state index contributed by atoms with van der Waals surface area (Å²) in [5.74, 6) is -2.26. The third-order valence-corrected chi connectivity index (χ3v) is 3.10. The van der Waals surface area contributed by atoms with Crippen molar-refractivity contribution < 1.29 is 32.2 Å². The second-order valence-electron chi connectivity index (χ2n) is 5.00. The van der Waals surface area contributed by atoms with Gasteiger partial charge in [-0.05, 0) is 24.6 Å². The average molecular weight is 356 g/mol. The van der Waals surface area contributed by atoms with Crippen LogP contribution in [0.15, 0.2) is 36.7 Å². The van der Waals surface area contributed by atoms with E-state index in [0.717, 1.165) is 5.56 Å². The van der Waals surface area contributed by atoms with Gasteiger partial charge < -0.3 is 9.47 Å². The number of aromatic nitrogens is 2. The van der Waals surface area contributed by atoms with Crippen molar-refractivity contribution in [2.24, 2.45) is 0 Å². The van der Waals surface area contributed by atoms with Gasteiger partial charge in [0.15, 0.2) is 6.61 Å². The third kappa shape index (κ3) is 5.33. The van der Waals surface area contributed by atoms with Gasteiger partial charge in [0.25, 0.3) is 5.78 Å². The van der Waals surface area contributed by atoms with E-state index in [9.17, 15) is 22.8 Å². The molecular formula is C16H15F3N2O4. The molecule has 2 aromatic rings. The molecule has 1 aromatic heterocycles. The first-order valence-corrected chi connectivity index (χ1v) is 7.31. The van der Waals surface area contributed by atoms with Crippen LogP contribution < -0.4 is 4.74 Å². The number of rotatable bonds is 7. The Morgan fingerprint density at radius 1 is 1.20 bits per heavy atom. The Morgan fingerprint density at radius 3 is 2.48 bits per heavy atom. The maximum Gasteiger partial charge on any atom is 0.453 e. The lowest BCUT2D eigenvalue weighted by atomic mass is 10.2. The lowest BCUT2D eigenvalue weighted by molar-refractivity contribution is -0.173. The predicted molar refractivity (Wildman–Crippen MR) is 80.3 cm³/mol. The Bertz CT molecular complexity index is 739. The van der Waals surface area contributed by atoms with Crippen molar-refractivity contribution in [1.82, 2.24) is 9.78 Å². The number of Topliss-reactive ketones (excluding diaryl/α,β-unsaturated/α-hetero) is 1. The van der Waals surface area contributed by atoms with Gasteiger partial charge in [0.1, 0.15) is 5.75 Å². The average Bonchev–Trinajstić information content (AvgIpc) is 3.02. The second-order valence-corrected chi connectivity index (χ2v) is 5.00. The SMILES string of the molecule is CCOC(=O)c1cnn(Cc2ccc(OCC(=O)C(F)(F)F)cc2)c1. The van der Waals surface area contributed by atoms with Gasteiger partial charge >= 0.3 is 12.1 Å². The Morgan fingerprint density at radius 2 is 1.88 bits per heavy atom. The van der Waals surface area contributed by atoms with Crippen LogP contribution in [0.25, 0.3) is 0 Å². The van der Waals surface area contributed by atoms with Gasteiger partial charge in [0, 0.05) is 6.20 Å². The van der Waals surface area contributed by atoms with Crippen LogP contribution in [0.1, 0.15) is 22.8 Å². The summed E-state index contributed by atoms with van der Waals surface area (Å²) >= 11 is 0. The molecule has 0 saturated carbocycles.